The Labute approximate surface area is 119 Å². The summed E-state index contributed by atoms with van der Waals surface area (Å²) in [5.41, 5.74) is 2.99. The summed E-state index contributed by atoms with van der Waals surface area (Å²) >= 11 is 0. The van der Waals surface area contributed by atoms with Crippen molar-refractivity contribution in [2.45, 2.75) is 46.4 Å². The molecule has 0 saturated carbocycles. The monoisotopic (exact) mass is 274 g/mol. The zero-order chi connectivity index (χ0) is 14.7. The Morgan fingerprint density at radius 2 is 1.90 bits per heavy atom. The van der Waals surface area contributed by atoms with E-state index in [0.717, 1.165) is 23.1 Å². The van der Waals surface area contributed by atoms with Crippen LogP contribution in [0, 0.1) is 13.8 Å². The van der Waals surface area contributed by atoms with Gasteiger partial charge >= 0.3 is 5.69 Å². The molecule has 1 heterocycles. The molecule has 108 valence electrons. The lowest BCUT2D eigenvalue weighted by Gasteiger charge is -2.14. The zero-order valence-corrected chi connectivity index (χ0v) is 12.3. The van der Waals surface area contributed by atoms with Crippen LogP contribution in [0.4, 0.5) is 0 Å². The first-order chi connectivity index (χ1) is 9.52. The second kappa shape index (κ2) is 6.09. The molecule has 4 heteroatoms. The van der Waals surface area contributed by atoms with Gasteiger partial charge in [0, 0.05) is 18.9 Å². The molecule has 1 aromatic heterocycles. The SMILES string of the molecule is CCCn1ccn(CC(O)c2cc(C)ccc2C)c1=O. The number of imidazole rings is 1. The fourth-order valence-corrected chi connectivity index (χ4v) is 2.41. The van der Waals surface area contributed by atoms with E-state index in [1.54, 1.807) is 21.5 Å². The quantitative estimate of drug-likeness (QED) is 0.910. The second-order valence-electron chi connectivity index (χ2n) is 5.30. The molecule has 1 atom stereocenters. The third-order valence-corrected chi connectivity index (χ3v) is 3.55. The predicted molar refractivity (Wildman–Crippen MR) is 79.9 cm³/mol. The van der Waals surface area contributed by atoms with E-state index in [2.05, 4.69) is 0 Å². The van der Waals surface area contributed by atoms with Crippen LogP contribution in [0.15, 0.2) is 35.4 Å². The number of rotatable bonds is 5. The molecule has 1 N–H and O–H groups in total. The van der Waals surface area contributed by atoms with E-state index < -0.39 is 6.10 Å². The highest BCUT2D eigenvalue weighted by atomic mass is 16.3. The molecule has 0 spiro atoms. The van der Waals surface area contributed by atoms with E-state index >= 15 is 0 Å². The Morgan fingerprint density at radius 3 is 2.60 bits per heavy atom. The number of hydrogen-bond donors (Lipinski definition) is 1. The van der Waals surface area contributed by atoms with Crippen molar-refractivity contribution in [2.75, 3.05) is 0 Å². The number of aliphatic hydroxyl groups excluding tert-OH is 1. The molecule has 0 aliphatic carbocycles. The van der Waals surface area contributed by atoms with Gasteiger partial charge in [-0.15, -0.1) is 0 Å². The average molecular weight is 274 g/mol. The Bertz CT molecular complexity index is 640. The highest BCUT2D eigenvalue weighted by Gasteiger charge is 2.13. The van der Waals surface area contributed by atoms with Gasteiger partial charge in [-0.1, -0.05) is 30.7 Å². The van der Waals surface area contributed by atoms with Crippen molar-refractivity contribution in [1.82, 2.24) is 9.13 Å². The lowest BCUT2D eigenvalue weighted by Crippen LogP contribution is -2.26. The fourth-order valence-electron chi connectivity index (χ4n) is 2.41. The van der Waals surface area contributed by atoms with Gasteiger partial charge in [-0.25, -0.2) is 4.79 Å². The third-order valence-electron chi connectivity index (χ3n) is 3.55. The lowest BCUT2D eigenvalue weighted by molar-refractivity contribution is 0.154. The summed E-state index contributed by atoms with van der Waals surface area (Å²) in [4.78, 5) is 12.1. The number of hydrogen-bond acceptors (Lipinski definition) is 2. The van der Waals surface area contributed by atoms with E-state index in [9.17, 15) is 9.90 Å². The van der Waals surface area contributed by atoms with Gasteiger partial charge in [0.25, 0.3) is 0 Å². The van der Waals surface area contributed by atoms with Gasteiger partial charge in [-0.05, 0) is 31.4 Å². The molecule has 1 aromatic carbocycles. The maximum absolute atomic E-state index is 12.1. The van der Waals surface area contributed by atoms with Crippen LogP contribution < -0.4 is 5.69 Å². The minimum Gasteiger partial charge on any atom is -0.387 e. The van der Waals surface area contributed by atoms with E-state index in [4.69, 9.17) is 0 Å². The molecule has 0 radical (unpaired) electrons. The Balaban J connectivity index is 2.21. The maximum Gasteiger partial charge on any atom is 0.328 e. The van der Waals surface area contributed by atoms with E-state index in [1.165, 1.54) is 0 Å². The normalized spacial score (nSPS) is 12.6. The van der Waals surface area contributed by atoms with Crippen molar-refractivity contribution in [2.24, 2.45) is 0 Å². The van der Waals surface area contributed by atoms with Crippen LogP contribution in [0.1, 0.15) is 36.1 Å². The molecule has 2 rings (SSSR count). The molecule has 0 aliphatic rings. The highest BCUT2D eigenvalue weighted by molar-refractivity contribution is 5.32. The summed E-state index contributed by atoms with van der Waals surface area (Å²) in [5.74, 6) is 0. The molecule has 0 bridgehead atoms. The zero-order valence-electron chi connectivity index (χ0n) is 12.3. The summed E-state index contributed by atoms with van der Waals surface area (Å²) in [6.07, 6.45) is 3.78. The van der Waals surface area contributed by atoms with Crippen molar-refractivity contribution in [3.05, 3.63) is 57.8 Å². The minimum absolute atomic E-state index is 0.0591. The summed E-state index contributed by atoms with van der Waals surface area (Å²) < 4.78 is 3.25. The number of benzene rings is 1. The molecular formula is C16H22N2O2. The molecule has 0 fully saturated rings. The van der Waals surface area contributed by atoms with Crippen LogP contribution in [-0.4, -0.2) is 14.2 Å². The smallest absolute Gasteiger partial charge is 0.328 e. The lowest BCUT2D eigenvalue weighted by atomic mass is 10.0. The highest BCUT2D eigenvalue weighted by Crippen LogP contribution is 2.20. The van der Waals surface area contributed by atoms with Gasteiger partial charge in [-0.2, -0.15) is 0 Å². The summed E-state index contributed by atoms with van der Waals surface area (Å²) in [5, 5.41) is 10.4. The van der Waals surface area contributed by atoms with Gasteiger partial charge in [0.1, 0.15) is 0 Å². The average Bonchev–Trinajstić information content (AvgIpc) is 2.75. The van der Waals surface area contributed by atoms with Crippen LogP contribution in [0.5, 0.6) is 0 Å². The molecular weight excluding hydrogens is 252 g/mol. The molecule has 0 aliphatic heterocycles. The van der Waals surface area contributed by atoms with Gasteiger partial charge in [0.15, 0.2) is 0 Å². The van der Waals surface area contributed by atoms with Crippen LogP contribution in [0.25, 0.3) is 0 Å². The first-order valence-electron chi connectivity index (χ1n) is 7.03. The molecule has 20 heavy (non-hydrogen) atoms. The Hall–Kier alpha value is -1.81. The number of aliphatic hydroxyl groups is 1. The van der Waals surface area contributed by atoms with Crippen LogP contribution in [0.3, 0.4) is 0 Å². The fraction of sp³-hybridized carbons (Fsp3) is 0.438. The number of nitrogens with zero attached hydrogens (tertiary/aromatic N) is 2. The van der Waals surface area contributed by atoms with Crippen LogP contribution in [0.2, 0.25) is 0 Å². The topological polar surface area (TPSA) is 47.2 Å². The largest absolute Gasteiger partial charge is 0.387 e. The molecule has 2 aromatic rings. The van der Waals surface area contributed by atoms with E-state index in [1.807, 2.05) is 39.0 Å². The Kier molecular flexibility index (Phi) is 4.45. The maximum atomic E-state index is 12.1. The molecule has 0 amide bonds. The first kappa shape index (κ1) is 14.6. The second-order valence-corrected chi connectivity index (χ2v) is 5.30. The number of aryl methyl sites for hydroxylation is 3. The van der Waals surface area contributed by atoms with Crippen LogP contribution >= 0.6 is 0 Å². The molecule has 0 saturated heterocycles. The van der Waals surface area contributed by atoms with Crippen LogP contribution in [-0.2, 0) is 13.1 Å². The number of aromatic nitrogens is 2. The van der Waals surface area contributed by atoms with Gasteiger partial charge in [-0.3, -0.25) is 9.13 Å². The van der Waals surface area contributed by atoms with Crippen molar-refractivity contribution in [3.8, 4) is 0 Å². The first-order valence-corrected chi connectivity index (χ1v) is 7.03. The molecule has 1 unspecified atom stereocenters. The summed E-state index contributed by atoms with van der Waals surface area (Å²) in [7, 11) is 0. The van der Waals surface area contributed by atoms with E-state index in [0.29, 0.717) is 13.1 Å². The standard InChI is InChI=1S/C16H22N2O2/c1-4-7-17-8-9-18(16(17)20)11-15(19)14-10-12(2)5-6-13(14)3/h5-6,8-10,15,19H,4,7,11H2,1-3H3. The Morgan fingerprint density at radius 1 is 1.20 bits per heavy atom. The summed E-state index contributed by atoms with van der Waals surface area (Å²) in [6, 6.07) is 6.00. The van der Waals surface area contributed by atoms with Gasteiger partial charge in [0.2, 0.25) is 0 Å². The summed E-state index contributed by atoms with van der Waals surface area (Å²) in [6.45, 7) is 7.02. The van der Waals surface area contributed by atoms with Crippen molar-refractivity contribution in [1.29, 1.82) is 0 Å². The van der Waals surface area contributed by atoms with E-state index in [-0.39, 0.29) is 5.69 Å². The predicted octanol–water partition coefficient (Wildman–Crippen LogP) is 2.41. The van der Waals surface area contributed by atoms with Crippen molar-refractivity contribution < 1.29 is 5.11 Å². The van der Waals surface area contributed by atoms with Gasteiger partial charge in [0.05, 0.1) is 12.6 Å². The third kappa shape index (κ3) is 3.02. The van der Waals surface area contributed by atoms with Crippen molar-refractivity contribution in [3.63, 3.8) is 0 Å². The molecule has 4 nitrogen and oxygen atoms in total. The minimum atomic E-state index is -0.662. The van der Waals surface area contributed by atoms with Crippen molar-refractivity contribution >= 4 is 0 Å². The van der Waals surface area contributed by atoms with Gasteiger partial charge < -0.3 is 5.11 Å².